The van der Waals surface area contributed by atoms with E-state index < -0.39 is 0 Å². The van der Waals surface area contributed by atoms with Gasteiger partial charge in [0.15, 0.2) is 0 Å². The summed E-state index contributed by atoms with van der Waals surface area (Å²) in [5.74, 6) is 6.34. The van der Waals surface area contributed by atoms with Gasteiger partial charge >= 0.3 is 6.01 Å². The van der Waals surface area contributed by atoms with Crippen LogP contribution in [0.25, 0.3) is 0 Å². The SMILES string of the molecule is CCCOc1nc(NN)nc(N(C)C2CCCC2)n1. The van der Waals surface area contributed by atoms with Crippen LogP contribution in [0.4, 0.5) is 11.9 Å². The summed E-state index contributed by atoms with van der Waals surface area (Å²) in [6, 6.07) is 0.816. The highest BCUT2D eigenvalue weighted by Gasteiger charge is 2.22. The summed E-state index contributed by atoms with van der Waals surface area (Å²) < 4.78 is 5.47. The minimum Gasteiger partial charge on any atom is -0.463 e. The Hall–Kier alpha value is -1.63. The van der Waals surface area contributed by atoms with E-state index in [2.05, 4.69) is 25.3 Å². The highest BCUT2D eigenvalue weighted by atomic mass is 16.5. The van der Waals surface area contributed by atoms with E-state index in [9.17, 15) is 0 Å². The van der Waals surface area contributed by atoms with Gasteiger partial charge in [-0.3, -0.25) is 5.43 Å². The lowest BCUT2D eigenvalue weighted by Crippen LogP contribution is -2.31. The van der Waals surface area contributed by atoms with Gasteiger partial charge < -0.3 is 9.64 Å². The van der Waals surface area contributed by atoms with Crippen molar-refractivity contribution in [1.29, 1.82) is 0 Å². The van der Waals surface area contributed by atoms with Crippen molar-refractivity contribution in [2.45, 2.75) is 45.1 Å². The van der Waals surface area contributed by atoms with E-state index in [1.165, 1.54) is 25.7 Å². The van der Waals surface area contributed by atoms with Crippen molar-refractivity contribution in [2.24, 2.45) is 5.84 Å². The Kier molecular flexibility index (Phi) is 4.73. The number of hydrogen-bond acceptors (Lipinski definition) is 7. The second-order valence-corrected chi connectivity index (χ2v) is 4.78. The standard InChI is InChI=1S/C12H22N6O/c1-3-8-19-12-15-10(17-13)14-11(16-12)18(2)9-6-4-5-7-9/h9H,3-8,13H2,1-2H3,(H,14,15,16,17). The van der Waals surface area contributed by atoms with E-state index in [1.54, 1.807) is 0 Å². The van der Waals surface area contributed by atoms with Crippen LogP contribution in [0.1, 0.15) is 39.0 Å². The zero-order chi connectivity index (χ0) is 13.7. The van der Waals surface area contributed by atoms with Crippen LogP contribution in [-0.2, 0) is 0 Å². The number of hydrogen-bond donors (Lipinski definition) is 2. The lowest BCUT2D eigenvalue weighted by atomic mass is 10.2. The molecule has 3 N–H and O–H groups in total. The molecule has 1 heterocycles. The van der Waals surface area contributed by atoms with E-state index in [0.717, 1.165) is 6.42 Å². The first-order valence-electron chi connectivity index (χ1n) is 6.83. The summed E-state index contributed by atoms with van der Waals surface area (Å²) in [6.45, 7) is 2.62. The van der Waals surface area contributed by atoms with Crippen LogP contribution in [0.3, 0.4) is 0 Å². The molecule has 7 nitrogen and oxygen atoms in total. The van der Waals surface area contributed by atoms with Gasteiger partial charge in [0, 0.05) is 13.1 Å². The maximum Gasteiger partial charge on any atom is 0.323 e. The molecule has 1 aliphatic carbocycles. The number of nitrogens with zero attached hydrogens (tertiary/aromatic N) is 4. The van der Waals surface area contributed by atoms with Gasteiger partial charge in [-0.15, -0.1) is 0 Å². The lowest BCUT2D eigenvalue weighted by molar-refractivity contribution is 0.291. The molecule has 0 atom stereocenters. The number of rotatable bonds is 6. The monoisotopic (exact) mass is 266 g/mol. The Balaban J connectivity index is 2.17. The third-order valence-electron chi connectivity index (χ3n) is 3.36. The quantitative estimate of drug-likeness (QED) is 0.593. The first-order valence-corrected chi connectivity index (χ1v) is 6.83. The van der Waals surface area contributed by atoms with Gasteiger partial charge in [0.25, 0.3) is 0 Å². The smallest absolute Gasteiger partial charge is 0.323 e. The van der Waals surface area contributed by atoms with Crippen LogP contribution in [-0.4, -0.2) is 34.6 Å². The summed E-state index contributed by atoms with van der Waals surface area (Å²) in [6.07, 6.45) is 5.80. The molecule has 7 heteroatoms. The van der Waals surface area contributed by atoms with Gasteiger partial charge in [-0.05, 0) is 19.3 Å². The van der Waals surface area contributed by atoms with Gasteiger partial charge in [-0.1, -0.05) is 19.8 Å². The molecule has 0 saturated heterocycles. The molecule has 0 bridgehead atoms. The van der Waals surface area contributed by atoms with Crippen molar-refractivity contribution < 1.29 is 4.74 Å². The molecule has 0 unspecified atom stereocenters. The van der Waals surface area contributed by atoms with Crippen LogP contribution in [0.2, 0.25) is 0 Å². The van der Waals surface area contributed by atoms with E-state index in [-0.39, 0.29) is 0 Å². The zero-order valence-electron chi connectivity index (χ0n) is 11.6. The zero-order valence-corrected chi connectivity index (χ0v) is 11.6. The molecule has 1 aromatic heterocycles. The maximum atomic E-state index is 5.47. The summed E-state index contributed by atoms with van der Waals surface area (Å²) >= 11 is 0. The summed E-state index contributed by atoms with van der Waals surface area (Å²) in [5.41, 5.74) is 2.46. The average Bonchev–Trinajstić information content (AvgIpc) is 2.98. The molecule has 106 valence electrons. The minimum atomic E-state index is 0.324. The Bertz CT molecular complexity index is 407. The third-order valence-corrected chi connectivity index (χ3v) is 3.36. The molecule has 1 aromatic rings. The Morgan fingerprint density at radius 1 is 1.32 bits per heavy atom. The number of anilines is 2. The minimum absolute atomic E-state index is 0.324. The Morgan fingerprint density at radius 3 is 2.68 bits per heavy atom. The number of nitrogens with two attached hydrogens (primary N) is 1. The van der Waals surface area contributed by atoms with E-state index in [0.29, 0.717) is 30.6 Å². The average molecular weight is 266 g/mol. The lowest BCUT2D eigenvalue weighted by Gasteiger charge is -2.24. The Labute approximate surface area is 113 Å². The third kappa shape index (κ3) is 3.44. The number of hydrazine groups is 1. The maximum absolute atomic E-state index is 5.47. The Morgan fingerprint density at radius 2 is 2.05 bits per heavy atom. The fourth-order valence-corrected chi connectivity index (χ4v) is 2.28. The number of nitrogen functional groups attached to an aromatic ring is 1. The predicted octanol–water partition coefficient (Wildman–Crippen LogP) is 1.32. The molecule has 0 aromatic carbocycles. The van der Waals surface area contributed by atoms with Crippen LogP contribution in [0, 0.1) is 0 Å². The molecule has 2 rings (SSSR count). The van der Waals surface area contributed by atoms with Crippen molar-refractivity contribution in [3.63, 3.8) is 0 Å². The molecule has 0 aliphatic heterocycles. The second-order valence-electron chi connectivity index (χ2n) is 4.78. The summed E-state index contributed by atoms with van der Waals surface area (Å²) in [4.78, 5) is 14.8. The van der Waals surface area contributed by atoms with Crippen molar-refractivity contribution in [2.75, 3.05) is 24.0 Å². The molecule has 19 heavy (non-hydrogen) atoms. The molecular formula is C12H22N6O. The van der Waals surface area contributed by atoms with Crippen LogP contribution < -0.4 is 20.9 Å². The molecule has 0 radical (unpaired) electrons. The van der Waals surface area contributed by atoms with Crippen LogP contribution in [0.5, 0.6) is 6.01 Å². The first-order chi connectivity index (χ1) is 9.24. The molecule has 1 aliphatic rings. The first kappa shape index (κ1) is 13.8. The fraction of sp³-hybridized carbons (Fsp3) is 0.750. The van der Waals surface area contributed by atoms with Crippen LogP contribution in [0.15, 0.2) is 0 Å². The van der Waals surface area contributed by atoms with Crippen molar-refractivity contribution >= 4 is 11.9 Å². The number of ether oxygens (including phenoxy) is 1. The van der Waals surface area contributed by atoms with E-state index in [1.807, 2.05) is 14.0 Å². The highest BCUT2D eigenvalue weighted by Crippen LogP contribution is 2.26. The summed E-state index contributed by atoms with van der Waals surface area (Å²) in [5, 5.41) is 0. The number of nitrogens with one attached hydrogen (secondary N) is 1. The normalized spacial score (nSPS) is 15.5. The van der Waals surface area contributed by atoms with Gasteiger partial charge in [0.2, 0.25) is 11.9 Å². The molecule has 0 spiro atoms. The highest BCUT2D eigenvalue weighted by molar-refractivity contribution is 5.38. The van der Waals surface area contributed by atoms with Gasteiger partial charge in [0.1, 0.15) is 0 Å². The summed E-state index contributed by atoms with van der Waals surface area (Å²) in [7, 11) is 2.01. The van der Waals surface area contributed by atoms with E-state index >= 15 is 0 Å². The predicted molar refractivity (Wildman–Crippen MR) is 74.1 cm³/mol. The fourth-order valence-electron chi connectivity index (χ4n) is 2.28. The molecule has 1 fully saturated rings. The van der Waals surface area contributed by atoms with Crippen LogP contribution >= 0.6 is 0 Å². The second kappa shape index (κ2) is 6.51. The van der Waals surface area contributed by atoms with Crippen molar-refractivity contribution in [3.8, 4) is 6.01 Å². The largest absolute Gasteiger partial charge is 0.463 e. The molecule has 1 saturated carbocycles. The van der Waals surface area contributed by atoms with Gasteiger partial charge in [-0.2, -0.15) is 15.0 Å². The topological polar surface area (TPSA) is 89.2 Å². The van der Waals surface area contributed by atoms with E-state index in [4.69, 9.17) is 10.6 Å². The molecular weight excluding hydrogens is 244 g/mol. The molecule has 0 amide bonds. The van der Waals surface area contributed by atoms with Crippen molar-refractivity contribution in [3.05, 3.63) is 0 Å². The van der Waals surface area contributed by atoms with Gasteiger partial charge in [0.05, 0.1) is 6.61 Å². The van der Waals surface area contributed by atoms with Crippen molar-refractivity contribution in [1.82, 2.24) is 15.0 Å². The van der Waals surface area contributed by atoms with Gasteiger partial charge in [-0.25, -0.2) is 5.84 Å². The number of aromatic nitrogens is 3.